The van der Waals surface area contributed by atoms with Gasteiger partial charge in [-0.05, 0) is 30.5 Å². The largest absolute Gasteiger partial charge is 0.452 e. The van der Waals surface area contributed by atoms with Crippen LogP contribution in [0.25, 0.3) is 11.0 Å². The van der Waals surface area contributed by atoms with Crippen molar-refractivity contribution in [1.82, 2.24) is 0 Å². The number of fused-ring (bicyclic) bond motifs is 1. The van der Waals surface area contributed by atoms with Gasteiger partial charge in [0.25, 0.3) is 5.91 Å². The molecule has 0 aliphatic heterocycles. The first kappa shape index (κ1) is 18.7. The van der Waals surface area contributed by atoms with Crippen LogP contribution in [0, 0.1) is 0 Å². The minimum Gasteiger partial charge on any atom is -0.452 e. The van der Waals surface area contributed by atoms with E-state index in [9.17, 15) is 14.4 Å². The number of carbonyl (C=O) groups is 3. The monoisotopic (exact) mass is 383 g/mol. The molecule has 27 heavy (non-hydrogen) atoms. The van der Waals surface area contributed by atoms with E-state index in [1.165, 1.54) is 18.7 Å². The van der Waals surface area contributed by atoms with Crippen LogP contribution in [-0.2, 0) is 9.53 Å². The molecule has 0 aliphatic rings. The summed E-state index contributed by atoms with van der Waals surface area (Å²) < 4.78 is 10.6. The molecule has 138 valence electrons. The lowest BCUT2D eigenvalue weighted by Gasteiger charge is -2.08. The Balaban J connectivity index is 1.73. The van der Waals surface area contributed by atoms with Crippen LogP contribution < -0.4 is 5.32 Å². The molecule has 0 saturated carbocycles. The summed E-state index contributed by atoms with van der Waals surface area (Å²) in [5.74, 6) is -1.39. The number of Topliss-reactive ketones (excluding diaryl/α,β-unsaturated/α-hetero) is 1. The Bertz CT molecular complexity index is 1020. The normalized spacial score (nSPS) is 10.6. The number of hydrogen-bond donors (Lipinski definition) is 1. The first-order valence-electron chi connectivity index (χ1n) is 8.13. The van der Waals surface area contributed by atoms with Crippen molar-refractivity contribution >= 4 is 46.1 Å². The Kier molecular flexibility index (Phi) is 5.61. The molecule has 3 rings (SSSR count). The number of furan rings is 1. The number of thioether (sulfide) groups is 1. The van der Waals surface area contributed by atoms with Gasteiger partial charge in [-0.3, -0.25) is 9.59 Å². The fourth-order valence-corrected chi connectivity index (χ4v) is 3.20. The summed E-state index contributed by atoms with van der Waals surface area (Å²) in [6.07, 6.45) is 1.85. The van der Waals surface area contributed by atoms with Crippen LogP contribution in [0.5, 0.6) is 0 Å². The Morgan fingerprint density at radius 1 is 1.07 bits per heavy atom. The minimum atomic E-state index is -0.584. The molecule has 0 bridgehead atoms. The van der Waals surface area contributed by atoms with Gasteiger partial charge >= 0.3 is 5.97 Å². The highest BCUT2D eigenvalue weighted by Gasteiger charge is 2.20. The predicted molar refractivity (Wildman–Crippen MR) is 103 cm³/mol. The standard InChI is InChI=1S/C20H17NO5S/c1-12(22)19-18(13-7-3-5-9-15(13)26-19)21-17(23)11-25-20(24)14-8-4-6-10-16(14)27-2/h3-10H,11H2,1-2H3,(H,21,23). The summed E-state index contributed by atoms with van der Waals surface area (Å²) in [7, 11) is 0. The second-order valence-corrected chi connectivity index (χ2v) is 6.53. The van der Waals surface area contributed by atoms with E-state index < -0.39 is 18.5 Å². The summed E-state index contributed by atoms with van der Waals surface area (Å²) in [5, 5.41) is 3.22. The molecule has 6 nitrogen and oxygen atoms in total. The number of carbonyl (C=O) groups excluding carboxylic acids is 3. The summed E-state index contributed by atoms with van der Waals surface area (Å²) in [6.45, 7) is 0.880. The fraction of sp³-hybridized carbons (Fsp3) is 0.150. The van der Waals surface area contributed by atoms with Crippen LogP contribution >= 0.6 is 11.8 Å². The number of anilines is 1. The van der Waals surface area contributed by atoms with E-state index in [4.69, 9.17) is 9.15 Å². The molecular weight excluding hydrogens is 366 g/mol. The van der Waals surface area contributed by atoms with Gasteiger partial charge in [0.1, 0.15) is 5.58 Å². The van der Waals surface area contributed by atoms with Crippen molar-refractivity contribution in [2.45, 2.75) is 11.8 Å². The van der Waals surface area contributed by atoms with Crippen molar-refractivity contribution in [2.75, 3.05) is 18.2 Å². The third-order valence-corrected chi connectivity index (χ3v) is 4.64. The number of ether oxygens (including phenoxy) is 1. The molecule has 1 aromatic heterocycles. The highest BCUT2D eigenvalue weighted by Crippen LogP contribution is 2.31. The quantitative estimate of drug-likeness (QED) is 0.391. The lowest BCUT2D eigenvalue weighted by atomic mass is 10.2. The molecule has 7 heteroatoms. The van der Waals surface area contributed by atoms with Crippen LogP contribution in [0.2, 0.25) is 0 Å². The highest BCUT2D eigenvalue weighted by atomic mass is 32.2. The van der Waals surface area contributed by atoms with E-state index in [-0.39, 0.29) is 17.2 Å². The average molecular weight is 383 g/mol. The molecule has 0 atom stereocenters. The van der Waals surface area contributed by atoms with E-state index in [1.54, 1.807) is 42.5 Å². The van der Waals surface area contributed by atoms with Gasteiger partial charge in [-0.2, -0.15) is 0 Å². The van der Waals surface area contributed by atoms with E-state index in [0.29, 0.717) is 16.5 Å². The Labute approximate surface area is 159 Å². The number of benzene rings is 2. The van der Waals surface area contributed by atoms with Crippen LogP contribution in [0.1, 0.15) is 27.8 Å². The maximum Gasteiger partial charge on any atom is 0.339 e. The maximum absolute atomic E-state index is 12.3. The van der Waals surface area contributed by atoms with Crippen LogP contribution in [-0.4, -0.2) is 30.5 Å². The summed E-state index contributed by atoms with van der Waals surface area (Å²) >= 11 is 1.42. The molecule has 1 amide bonds. The Hall–Kier alpha value is -3.06. The van der Waals surface area contributed by atoms with Crippen LogP contribution in [0.4, 0.5) is 5.69 Å². The van der Waals surface area contributed by atoms with Gasteiger partial charge in [-0.25, -0.2) is 4.79 Å². The average Bonchev–Trinajstić information content (AvgIpc) is 3.05. The van der Waals surface area contributed by atoms with E-state index >= 15 is 0 Å². The first-order chi connectivity index (χ1) is 13.0. The van der Waals surface area contributed by atoms with E-state index in [2.05, 4.69) is 5.32 Å². The Morgan fingerprint density at radius 2 is 1.78 bits per heavy atom. The zero-order chi connectivity index (χ0) is 19.4. The third kappa shape index (κ3) is 4.03. The van der Waals surface area contributed by atoms with Gasteiger partial charge in [0.05, 0.1) is 11.3 Å². The molecule has 3 aromatic rings. The molecule has 0 saturated heterocycles. The van der Waals surface area contributed by atoms with Crippen molar-refractivity contribution in [3.8, 4) is 0 Å². The van der Waals surface area contributed by atoms with Crippen LogP contribution in [0.3, 0.4) is 0 Å². The van der Waals surface area contributed by atoms with E-state index in [1.807, 2.05) is 12.3 Å². The minimum absolute atomic E-state index is 0.0589. The second-order valence-electron chi connectivity index (χ2n) is 5.68. The first-order valence-corrected chi connectivity index (χ1v) is 9.36. The number of esters is 1. The number of hydrogen-bond acceptors (Lipinski definition) is 6. The van der Waals surface area contributed by atoms with Crippen LogP contribution in [0.15, 0.2) is 57.8 Å². The van der Waals surface area contributed by atoms with Gasteiger partial charge in [0.15, 0.2) is 18.2 Å². The number of ketones is 1. The van der Waals surface area contributed by atoms with Gasteiger partial charge in [0.2, 0.25) is 0 Å². The van der Waals surface area contributed by atoms with E-state index in [0.717, 1.165) is 4.90 Å². The predicted octanol–water partition coefficient (Wildman–Crippen LogP) is 4.15. The molecule has 1 N–H and O–H groups in total. The SMILES string of the molecule is CSc1ccccc1C(=O)OCC(=O)Nc1c(C(C)=O)oc2ccccc12. The van der Waals surface area contributed by atoms with Crippen molar-refractivity contribution in [1.29, 1.82) is 0 Å². The van der Waals surface area contributed by atoms with Crippen molar-refractivity contribution < 1.29 is 23.5 Å². The third-order valence-electron chi connectivity index (χ3n) is 3.84. The number of para-hydroxylation sites is 1. The molecule has 0 unspecified atom stereocenters. The summed E-state index contributed by atoms with van der Waals surface area (Å²) in [6, 6.07) is 14.0. The lowest BCUT2D eigenvalue weighted by molar-refractivity contribution is -0.119. The molecule has 0 fully saturated rings. The summed E-state index contributed by atoms with van der Waals surface area (Å²) in [5.41, 5.74) is 1.17. The van der Waals surface area contributed by atoms with Gasteiger partial charge in [0, 0.05) is 17.2 Å². The lowest BCUT2D eigenvalue weighted by Crippen LogP contribution is -2.21. The molecule has 0 aliphatic carbocycles. The van der Waals surface area contributed by atoms with Gasteiger partial charge in [-0.1, -0.05) is 24.3 Å². The molecule has 0 spiro atoms. The van der Waals surface area contributed by atoms with Crippen molar-refractivity contribution in [3.05, 3.63) is 59.9 Å². The molecule has 2 aromatic carbocycles. The number of amides is 1. The fourth-order valence-electron chi connectivity index (χ4n) is 2.62. The second kappa shape index (κ2) is 8.09. The number of rotatable bonds is 6. The zero-order valence-corrected chi connectivity index (χ0v) is 15.6. The smallest absolute Gasteiger partial charge is 0.339 e. The van der Waals surface area contributed by atoms with Gasteiger partial charge in [-0.15, -0.1) is 11.8 Å². The van der Waals surface area contributed by atoms with Gasteiger partial charge < -0.3 is 14.5 Å². The Morgan fingerprint density at radius 3 is 2.52 bits per heavy atom. The topological polar surface area (TPSA) is 85.6 Å². The highest BCUT2D eigenvalue weighted by molar-refractivity contribution is 7.98. The molecular formula is C20H17NO5S. The summed E-state index contributed by atoms with van der Waals surface area (Å²) in [4.78, 5) is 37.1. The molecule has 0 radical (unpaired) electrons. The maximum atomic E-state index is 12.3. The van der Waals surface area contributed by atoms with Crippen molar-refractivity contribution in [3.63, 3.8) is 0 Å². The van der Waals surface area contributed by atoms with Crippen molar-refractivity contribution in [2.24, 2.45) is 0 Å². The zero-order valence-electron chi connectivity index (χ0n) is 14.8. The molecule has 1 heterocycles. The number of nitrogens with one attached hydrogen (secondary N) is 1.